The monoisotopic (exact) mass is 389 g/mol. The average Bonchev–Trinajstić information content (AvgIpc) is 2.68. The fraction of sp³-hybridized carbons (Fsp3) is 0.300. The van der Waals surface area contributed by atoms with Gasteiger partial charge >= 0.3 is 5.97 Å². The Morgan fingerprint density at radius 3 is 2.37 bits per heavy atom. The number of hydrogen-bond donors (Lipinski definition) is 1. The largest absolute Gasteiger partial charge is 0.494 e. The molecule has 0 aliphatic heterocycles. The van der Waals surface area contributed by atoms with E-state index in [2.05, 4.69) is 5.32 Å². The van der Waals surface area contributed by atoms with Gasteiger partial charge in [-0.3, -0.25) is 9.00 Å². The van der Waals surface area contributed by atoms with E-state index in [0.29, 0.717) is 28.7 Å². The summed E-state index contributed by atoms with van der Waals surface area (Å²) in [5.74, 6) is -0.0446. The molecule has 0 aromatic heterocycles. The molecule has 1 amide bonds. The summed E-state index contributed by atoms with van der Waals surface area (Å²) in [7, 11) is -1.30. The van der Waals surface area contributed by atoms with Crippen LogP contribution in [0.15, 0.2) is 53.4 Å². The molecule has 2 aromatic carbocycles. The molecule has 1 N–H and O–H groups in total. The third-order valence-corrected chi connectivity index (χ3v) is 5.07. The van der Waals surface area contributed by atoms with Crippen molar-refractivity contribution in [2.45, 2.75) is 31.8 Å². The fourth-order valence-corrected chi connectivity index (χ4v) is 3.25. The summed E-state index contributed by atoms with van der Waals surface area (Å²) in [6, 6.07) is 13.4. The van der Waals surface area contributed by atoms with E-state index in [1.54, 1.807) is 55.5 Å². The maximum Gasteiger partial charge on any atom is 0.340 e. The van der Waals surface area contributed by atoms with Gasteiger partial charge in [-0.2, -0.15) is 0 Å². The molecule has 0 radical (unpaired) electrons. The number of esters is 1. The lowest BCUT2D eigenvalue weighted by molar-refractivity contribution is -0.123. The summed E-state index contributed by atoms with van der Waals surface area (Å²) < 4.78 is 22.7. The molecule has 0 bridgehead atoms. The molecule has 7 heteroatoms. The lowest BCUT2D eigenvalue weighted by Gasteiger charge is -2.15. The highest BCUT2D eigenvalue weighted by molar-refractivity contribution is 7.85. The van der Waals surface area contributed by atoms with Crippen LogP contribution in [0.3, 0.4) is 0 Å². The number of anilines is 1. The SMILES string of the molecule is CCOc1ccc(NC(=O)[C@H](C)OC(=O)c2ccccc2[S@@](=O)CC)cc1. The highest BCUT2D eigenvalue weighted by Crippen LogP contribution is 2.18. The lowest BCUT2D eigenvalue weighted by atomic mass is 10.2. The summed E-state index contributed by atoms with van der Waals surface area (Å²) in [5, 5.41) is 2.68. The number of carbonyl (C=O) groups excluding carboxylic acids is 2. The third-order valence-electron chi connectivity index (χ3n) is 3.70. The summed E-state index contributed by atoms with van der Waals surface area (Å²) >= 11 is 0. The molecular weight excluding hydrogens is 366 g/mol. The Labute approximate surface area is 161 Å². The van der Waals surface area contributed by atoms with Crippen LogP contribution in [-0.2, 0) is 20.3 Å². The Balaban J connectivity index is 2.02. The quantitative estimate of drug-likeness (QED) is 0.700. The standard InChI is InChI=1S/C20H23NO5S/c1-4-25-16-12-10-15(11-13-16)21-19(22)14(3)26-20(23)17-8-6-7-9-18(17)27(24)5-2/h6-14H,4-5H2,1-3H3,(H,21,22)/t14-,27-/m0/s1. The van der Waals surface area contributed by atoms with Crippen LogP contribution >= 0.6 is 0 Å². The van der Waals surface area contributed by atoms with Gasteiger partial charge in [-0.1, -0.05) is 19.1 Å². The predicted molar refractivity (Wildman–Crippen MR) is 105 cm³/mol. The number of nitrogens with one attached hydrogen (secondary N) is 1. The molecule has 27 heavy (non-hydrogen) atoms. The Morgan fingerprint density at radius 2 is 1.74 bits per heavy atom. The van der Waals surface area contributed by atoms with Gasteiger partial charge in [0.25, 0.3) is 5.91 Å². The zero-order chi connectivity index (χ0) is 19.8. The molecule has 0 saturated heterocycles. The van der Waals surface area contributed by atoms with Crippen LogP contribution in [0.5, 0.6) is 5.75 Å². The highest BCUT2D eigenvalue weighted by Gasteiger charge is 2.22. The Kier molecular flexibility index (Phi) is 7.55. The minimum Gasteiger partial charge on any atom is -0.494 e. The van der Waals surface area contributed by atoms with Gasteiger partial charge in [0.15, 0.2) is 6.10 Å². The first-order chi connectivity index (χ1) is 13.0. The Morgan fingerprint density at radius 1 is 1.07 bits per heavy atom. The number of amides is 1. The maximum atomic E-state index is 12.4. The highest BCUT2D eigenvalue weighted by atomic mass is 32.2. The van der Waals surface area contributed by atoms with E-state index in [1.165, 1.54) is 6.92 Å². The van der Waals surface area contributed by atoms with Gasteiger partial charge in [0.2, 0.25) is 0 Å². The van der Waals surface area contributed by atoms with Crippen molar-refractivity contribution >= 4 is 28.4 Å². The van der Waals surface area contributed by atoms with Crippen molar-refractivity contribution in [3.63, 3.8) is 0 Å². The van der Waals surface area contributed by atoms with Crippen LogP contribution < -0.4 is 10.1 Å². The van der Waals surface area contributed by atoms with E-state index in [-0.39, 0.29) is 5.56 Å². The molecule has 0 unspecified atom stereocenters. The van der Waals surface area contributed by atoms with E-state index in [1.807, 2.05) is 6.92 Å². The van der Waals surface area contributed by atoms with Gasteiger partial charge in [0.1, 0.15) is 5.75 Å². The van der Waals surface area contributed by atoms with Gasteiger partial charge in [0, 0.05) is 11.4 Å². The molecule has 0 aliphatic carbocycles. The molecule has 0 spiro atoms. The van der Waals surface area contributed by atoms with E-state index in [0.717, 1.165) is 0 Å². The minimum atomic E-state index is -1.30. The molecule has 0 fully saturated rings. The summed E-state index contributed by atoms with van der Waals surface area (Å²) in [6.45, 7) is 5.70. The normalized spacial score (nSPS) is 12.7. The number of hydrogen-bond acceptors (Lipinski definition) is 5. The Hall–Kier alpha value is -2.67. The smallest absolute Gasteiger partial charge is 0.340 e. The molecule has 2 atom stereocenters. The van der Waals surface area contributed by atoms with Crippen LogP contribution in [0.25, 0.3) is 0 Å². The fourth-order valence-electron chi connectivity index (χ4n) is 2.31. The number of benzene rings is 2. The number of carbonyl (C=O) groups is 2. The van der Waals surface area contributed by atoms with Gasteiger partial charge in [-0.15, -0.1) is 0 Å². The van der Waals surface area contributed by atoms with Crippen LogP contribution in [0.2, 0.25) is 0 Å². The zero-order valence-corrected chi connectivity index (χ0v) is 16.4. The molecule has 6 nitrogen and oxygen atoms in total. The summed E-state index contributed by atoms with van der Waals surface area (Å²) in [4.78, 5) is 25.1. The first-order valence-electron chi connectivity index (χ1n) is 8.68. The van der Waals surface area contributed by atoms with E-state index in [9.17, 15) is 13.8 Å². The topological polar surface area (TPSA) is 81.7 Å². The first kappa shape index (κ1) is 20.6. The molecule has 144 valence electrons. The predicted octanol–water partition coefficient (Wildman–Crippen LogP) is 3.40. The number of rotatable bonds is 8. The number of ether oxygens (including phenoxy) is 2. The molecule has 2 rings (SSSR count). The first-order valence-corrected chi connectivity index (χ1v) is 10.00. The van der Waals surface area contributed by atoms with Gasteiger partial charge < -0.3 is 14.8 Å². The summed E-state index contributed by atoms with van der Waals surface area (Å²) in [6.07, 6.45) is -1.01. The van der Waals surface area contributed by atoms with Gasteiger partial charge in [-0.05, 0) is 50.2 Å². The molecular formula is C20H23NO5S. The van der Waals surface area contributed by atoms with Crippen molar-refractivity contribution in [3.05, 3.63) is 54.1 Å². The van der Waals surface area contributed by atoms with Gasteiger partial charge in [0.05, 0.1) is 27.9 Å². The van der Waals surface area contributed by atoms with E-state index < -0.39 is 28.8 Å². The third kappa shape index (κ3) is 5.65. The minimum absolute atomic E-state index is 0.207. The molecule has 0 heterocycles. The van der Waals surface area contributed by atoms with Crippen LogP contribution in [0.1, 0.15) is 31.1 Å². The van der Waals surface area contributed by atoms with Crippen LogP contribution in [0, 0.1) is 0 Å². The van der Waals surface area contributed by atoms with Crippen molar-refractivity contribution in [1.29, 1.82) is 0 Å². The van der Waals surface area contributed by atoms with Crippen LogP contribution in [0.4, 0.5) is 5.69 Å². The van der Waals surface area contributed by atoms with Crippen molar-refractivity contribution in [1.82, 2.24) is 0 Å². The van der Waals surface area contributed by atoms with Crippen molar-refractivity contribution in [3.8, 4) is 5.75 Å². The molecule has 0 saturated carbocycles. The van der Waals surface area contributed by atoms with Crippen molar-refractivity contribution in [2.75, 3.05) is 17.7 Å². The van der Waals surface area contributed by atoms with Gasteiger partial charge in [-0.25, -0.2) is 4.79 Å². The molecule has 2 aromatic rings. The second-order valence-electron chi connectivity index (χ2n) is 5.62. The zero-order valence-electron chi connectivity index (χ0n) is 15.6. The summed E-state index contributed by atoms with van der Waals surface area (Å²) in [5.41, 5.74) is 0.775. The Bertz CT molecular complexity index is 819. The van der Waals surface area contributed by atoms with E-state index >= 15 is 0 Å². The second-order valence-corrected chi connectivity index (χ2v) is 7.33. The van der Waals surface area contributed by atoms with E-state index in [4.69, 9.17) is 9.47 Å². The van der Waals surface area contributed by atoms with Crippen molar-refractivity contribution < 1.29 is 23.3 Å². The second kappa shape index (κ2) is 9.87. The van der Waals surface area contributed by atoms with Crippen LogP contribution in [-0.4, -0.2) is 34.5 Å². The average molecular weight is 389 g/mol. The maximum absolute atomic E-state index is 12.4. The molecule has 0 aliphatic rings. The lowest BCUT2D eigenvalue weighted by Crippen LogP contribution is -2.30. The van der Waals surface area contributed by atoms with Crippen molar-refractivity contribution in [2.24, 2.45) is 0 Å².